The van der Waals surface area contributed by atoms with Crippen molar-refractivity contribution in [2.75, 3.05) is 17.3 Å². The molecule has 0 unspecified atom stereocenters. The quantitative estimate of drug-likeness (QED) is 0.561. The van der Waals surface area contributed by atoms with E-state index in [-0.39, 0.29) is 10.0 Å². The van der Waals surface area contributed by atoms with Gasteiger partial charge in [0.15, 0.2) is 0 Å². The third-order valence-corrected chi connectivity index (χ3v) is 9.35. The third-order valence-electron chi connectivity index (χ3n) is 3.99. The largest absolute Gasteiger partial charge is 0.234 e. The Morgan fingerprint density at radius 2 is 1.64 bits per heavy atom. The van der Waals surface area contributed by atoms with E-state index in [4.69, 9.17) is 0 Å². The highest BCUT2D eigenvalue weighted by atomic mass is 32.3. The van der Waals surface area contributed by atoms with Crippen molar-refractivity contribution in [1.82, 2.24) is 0 Å². The van der Waals surface area contributed by atoms with E-state index in [1.54, 1.807) is 18.6 Å². The fourth-order valence-corrected chi connectivity index (χ4v) is 8.02. The van der Waals surface area contributed by atoms with Crippen LogP contribution in [0.25, 0.3) is 0 Å². The smallest absolute Gasteiger partial charge is 0.00791 e. The highest BCUT2D eigenvalue weighted by Crippen LogP contribution is 2.80. The topological polar surface area (TPSA) is 0 Å². The second-order valence-electron chi connectivity index (χ2n) is 4.16. The normalized spacial score (nSPS) is 34.0. The molecule has 1 saturated heterocycles. The van der Waals surface area contributed by atoms with Gasteiger partial charge in [-0.25, -0.2) is 10.0 Å². The molecular weight excluding hydrogens is 152 g/mol. The lowest BCUT2D eigenvalue weighted by molar-refractivity contribution is 0.748. The molecule has 2 aliphatic rings. The molecule has 0 aromatic heterocycles. The molecule has 1 aliphatic carbocycles. The van der Waals surface area contributed by atoms with Crippen LogP contribution in [0.3, 0.4) is 0 Å². The maximum atomic E-state index is 2.42. The van der Waals surface area contributed by atoms with Crippen LogP contribution in [-0.4, -0.2) is 22.0 Å². The Morgan fingerprint density at radius 3 is 2.00 bits per heavy atom. The monoisotopic (exact) mass is 172 g/mol. The van der Waals surface area contributed by atoms with Gasteiger partial charge in [0.25, 0.3) is 0 Å². The average molecular weight is 172 g/mol. The Bertz CT molecular complexity index is 150. The van der Waals surface area contributed by atoms with Gasteiger partial charge in [0, 0.05) is 4.75 Å². The Hall–Kier alpha value is 0.350. The van der Waals surface area contributed by atoms with E-state index in [9.17, 15) is 0 Å². The summed E-state index contributed by atoms with van der Waals surface area (Å²) in [6.07, 6.45) is 6.25. The first-order chi connectivity index (χ1) is 5.29. The van der Waals surface area contributed by atoms with Gasteiger partial charge in [-0.05, 0) is 30.1 Å². The second-order valence-corrected chi connectivity index (χ2v) is 8.56. The lowest BCUT2D eigenvalue weighted by Crippen LogP contribution is -2.07. The fourth-order valence-electron chi connectivity index (χ4n) is 3.09. The highest BCUT2D eigenvalue weighted by Gasteiger charge is 2.60. The van der Waals surface area contributed by atoms with Crippen molar-refractivity contribution in [2.45, 2.75) is 44.3 Å². The molecule has 0 radical (unpaired) electrons. The van der Waals surface area contributed by atoms with Crippen molar-refractivity contribution in [3.05, 3.63) is 0 Å². The van der Waals surface area contributed by atoms with Crippen molar-refractivity contribution in [2.24, 2.45) is 0 Å². The minimum Gasteiger partial charge on any atom is -0.234 e. The summed E-state index contributed by atoms with van der Waals surface area (Å²) in [6.45, 7) is 4.85. The van der Waals surface area contributed by atoms with Gasteiger partial charge in [-0.15, -0.1) is 0 Å². The maximum absolute atomic E-state index is 2.42. The first-order valence-electron chi connectivity index (χ1n) is 5.05. The van der Waals surface area contributed by atoms with Crippen LogP contribution in [-0.2, 0) is 0 Å². The van der Waals surface area contributed by atoms with Crippen LogP contribution in [0.1, 0.15) is 39.5 Å². The van der Waals surface area contributed by atoms with Crippen LogP contribution >= 0.6 is 10.0 Å². The standard InChI is InChI=1S/C10H20S/c1-3-11(4-2)9-10(11)7-5-6-8-10/h3-9H2,1-2H3. The van der Waals surface area contributed by atoms with Gasteiger partial charge in [-0.2, -0.15) is 0 Å². The average Bonchev–Trinajstić information content (AvgIpc) is 2.37. The van der Waals surface area contributed by atoms with Gasteiger partial charge in [0.05, 0.1) is 0 Å². The summed E-state index contributed by atoms with van der Waals surface area (Å²) in [6, 6.07) is 0. The first kappa shape index (κ1) is 7.97. The van der Waals surface area contributed by atoms with Crippen LogP contribution < -0.4 is 0 Å². The summed E-state index contributed by atoms with van der Waals surface area (Å²) >= 11 is 0. The van der Waals surface area contributed by atoms with Gasteiger partial charge in [0.1, 0.15) is 0 Å². The maximum Gasteiger partial charge on any atom is 0.00791 e. The minimum atomic E-state index is -0.0475. The lowest BCUT2D eigenvalue weighted by atomic mass is 10.1. The molecule has 0 bridgehead atoms. The van der Waals surface area contributed by atoms with E-state index >= 15 is 0 Å². The van der Waals surface area contributed by atoms with E-state index in [1.165, 1.54) is 24.3 Å². The summed E-state index contributed by atoms with van der Waals surface area (Å²) in [4.78, 5) is 0. The summed E-state index contributed by atoms with van der Waals surface area (Å²) in [5.74, 6) is 4.68. The predicted molar refractivity (Wildman–Crippen MR) is 54.7 cm³/mol. The molecule has 0 aromatic carbocycles. The first-order valence-corrected chi connectivity index (χ1v) is 7.19. The van der Waals surface area contributed by atoms with Crippen LogP contribution in [0, 0.1) is 0 Å². The van der Waals surface area contributed by atoms with Gasteiger partial charge in [-0.1, -0.05) is 26.7 Å². The third kappa shape index (κ3) is 0.898. The van der Waals surface area contributed by atoms with E-state index in [0.29, 0.717) is 0 Å². The van der Waals surface area contributed by atoms with E-state index in [1.807, 2.05) is 0 Å². The van der Waals surface area contributed by atoms with Gasteiger partial charge in [-0.3, -0.25) is 0 Å². The molecule has 1 heteroatoms. The molecule has 11 heavy (non-hydrogen) atoms. The van der Waals surface area contributed by atoms with Gasteiger partial charge >= 0.3 is 0 Å². The number of hydrogen-bond donors (Lipinski definition) is 0. The van der Waals surface area contributed by atoms with Crippen molar-refractivity contribution in [3.8, 4) is 0 Å². The molecule has 66 valence electrons. The van der Waals surface area contributed by atoms with Crippen molar-refractivity contribution in [1.29, 1.82) is 0 Å². The van der Waals surface area contributed by atoms with Gasteiger partial charge in [0.2, 0.25) is 0 Å². The Balaban J connectivity index is 2.09. The molecule has 1 aliphatic heterocycles. The van der Waals surface area contributed by atoms with Crippen molar-refractivity contribution < 1.29 is 0 Å². The molecule has 0 N–H and O–H groups in total. The molecule has 1 saturated carbocycles. The SMILES string of the molecule is CCS1(CC)CC12CCCC2. The Labute approximate surface area is 72.1 Å². The number of rotatable bonds is 2. The molecule has 2 fully saturated rings. The molecule has 2 rings (SSSR count). The van der Waals surface area contributed by atoms with E-state index < -0.39 is 0 Å². The molecule has 0 aromatic rings. The van der Waals surface area contributed by atoms with Crippen molar-refractivity contribution in [3.63, 3.8) is 0 Å². The van der Waals surface area contributed by atoms with E-state index in [0.717, 1.165) is 4.75 Å². The molecule has 0 atom stereocenters. The highest BCUT2D eigenvalue weighted by molar-refractivity contribution is 8.40. The van der Waals surface area contributed by atoms with Gasteiger partial charge < -0.3 is 0 Å². The lowest BCUT2D eigenvalue weighted by Gasteiger charge is -2.24. The van der Waals surface area contributed by atoms with Crippen LogP contribution in [0.15, 0.2) is 0 Å². The molecular formula is C10H20S. The Kier molecular flexibility index (Phi) is 1.75. The predicted octanol–water partition coefficient (Wildman–Crippen LogP) is 3.16. The van der Waals surface area contributed by atoms with Crippen LogP contribution in [0.4, 0.5) is 0 Å². The molecule has 0 amide bonds. The van der Waals surface area contributed by atoms with Crippen molar-refractivity contribution >= 4 is 10.0 Å². The summed E-state index contributed by atoms with van der Waals surface area (Å²) in [5, 5.41) is 0. The minimum absolute atomic E-state index is 0.0475. The number of hydrogen-bond acceptors (Lipinski definition) is 0. The van der Waals surface area contributed by atoms with E-state index in [2.05, 4.69) is 13.8 Å². The summed E-state index contributed by atoms with van der Waals surface area (Å²) in [7, 11) is -0.0475. The van der Waals surface area contributed by atoms with Crippen LogP contribution in [0.5, 0.6) is 0 Å². The zero-order chi connectivity index (χ0) is 7.95. The molecule has 1 heterocycles. The van der Waals surface area contributed by atoms with Crippen LogP contribution in [0.2, 0.25) is 0 Å². The molecule has 1 spiro atoms. The molecule has 0 nitrogen and oxygen atoms in total. The summed E-state index contributed by atoms with van der Waals surface area (Å²) in [5.41, 5.74) is 0. The summed E-state index contributed by atoms with van der Waals surface area (Å²) < 4.78 is 0.941. The second kappa shape index (κ2) is 2.42. The fraction of sp³-hybridized carbons (Fsp3) is 1.00. The Morgan fingerprint density at radius 1 is 1.09 bits per heavy atom. The zero-order valence-electron chi connectivity index (χ0n) is 7.86. The zero-order valence-corrected chi connectivity index (χ0v) is 8.67.